The average Bonchev–Trinajstić information content (AvgIpc) is 2.67. The molecule has 0 saturated carbocycles. The average molecular weight is 212 g/mol. The minimum Gasteiger partial charge on any atom is -0.245 e. The van der Waals surface area contributed by atoms with E-state index in [2.05, 4.69) is 0 Å². The van der Waals surface area contributed by atoms with Crippen molar-refractivity contribution in [2.24, 2.45) is 14.1 Å². The van der Waals surface area contributed by atoms with Gasteiger partial charge in [0, 0.05) is 0 Å². The Morgan fingerprint density at radius 1 is 1.06 bits per heavy atom. The Hall–Kier alpha value is -2.77. The van der Waals surface area contributed by atoms with Crippen molar-refractivity contribution in [1.29, 1.82) is 21.0 Å². The monoisotopic (exact) mass is 212 g/mol. The molecule has 0 bridgehead atoms. The molecule has 6 nitrogen and oxygen atoms in total. The van der Waals surface area contributed by atoms with Gasteiger partial charge in [0.05, 0.1) is 14.1 Å². The molecule has 1 heterocycles. The van der Waals surface area contributed by atoms with Crippen LogP contribution in [0, 0.1) is 44.9 Å². The van der Waals surface area contributed by atoms with Crippen molar-refractivity contribution in [3.05, 3.63) is 18.7 Å². The van der Waals surface area contributed by atoms with Crippen LogP contribution in [0.25, 0.3) is 0 Å². The maximum absolute atomic E-state index is 8.09. The van der Waals surface area contributed by atoms with Crippen molar-refractivity contribution in [2.45, 2.75) is 0 Å². The van der Waals surface area contributed by atoms with Crippen molar-refractivity contribution >= 4 is 6.15 Å². The van der Waals surface area contributed by atoms with E-state index in [0.29, 0.717) is 0 Å². The number of imidazole rings is 1. The van der Waals surface area contributed by atoms with Gasteiger partial charge in [-0.25, -0.2) is 30.2 Å². The van der Waals surface area contributed by atoms with Gasteiger partial charge in [0.1, 0.15) is 12.4 Å². The first-order valence-corrected chi connectivity index (χ1v) is 4.31. The molecule has 16 heavy (non-hydrogen) atoms. The summed E-state index contributed by atoms with van der Waals surface area (Å²) in [4.78, 5) is 0. The molecule has 0 unspecified atom stereocenters. The second-order valence-corrected chi connectivity index (χ2v) is 3.13. The first-order valence-electron chi connectivity index (χ1n) is 4.31. The van der Waals surface area contributed by atoms with Crippen molar-refractivity contribution < 1.29 is 4.57 Å². The minimum absolute atomic E-state index is 1.34. The van der Waals surface area contributed by atoms with Gasteiger partial charge in [0.25, 0.3) is 0 Å². The molecule has 0 amide bonds. The first-order chi connectivity index (χ1) is 7.53. The zero-order chi connectivity index (χ0) is 12.6. The summed E-state index contributed by atoms with van der Waals surface area (Å²) < 4.78 is 4.00. The predicted octanol–water partition coefficient (Wildman–Crippen LogP) is -0.464. The molecule has 1 rings (SSSR count). The summed E-state index contributed by atoms with van der Waals surface area (Å²) in [5.41, 5.74) is 0. The lowest BCUT2D eigenvalue weighted by Crippen LogP contribution is -2.26. The number of nitrogens with zero attached hydrogens (tertiary/aromatic N) is 6. The fourth-order valence-corrected chi connectivity index (χ4v) is 0.748. The van der Waals surface area contributed by atoms with E-state index in [1.807, 2.05) is 42.0 Å². The molecule has 0 aliphatic carbocycles. The molecule has 0 aliphatic heterocycles. The van der Waals surface area contributed by atoms with Crippen LogP contribution in [0.3, 0.4) is 0 Å². The number of aromatic nitrogens is 2. The van der Waals surface area contributed by atoms with E-state index < -0.39 is 6.15 Å². The highest BCUT2D eigenvalue weighted by atomic mass is 15.1. The lowest BCUT2D eigenvalue weighted by Gasteiger charge is -1.98. The first kappa shape index (κ1) is 13.2. The summed E-state index contributed by atoms with van der Waals surface area (Å²) in [5, 5.41) is 32.3. The summed E-state index contributed by atoms with van der Waals surface area (Å²) in [5.74, 6) is 5.38. The third-order valence-electron chi connectivity index (χ3n) is 1.68. The number of aryl methyl sites for hydroxylation is 2. The molecule has 78 valence electrons. The van der Waals surface area contributed by atoms with E-state index in [9.17, 15) is 0 Å². The van der Waals surface area contributed by atoms with Crippen LogP contribution in [0.4, 0.5) is 0 Å². The Balaban J connectivity index is 0.000000288. The Kier molecular flexibility index (Phi) is 4.85. The third kappa shape index (κ3) is 3.54. The lowest BCUT2D eigenvalue weighted by atomic mass is 9.30. The summed E-state index contributed by atoms with van der Waals surface area (Å²) >= 11 is 0. The molecule has 0 atom stereocenters. The number of rotatable bonds is 0. The van der Waals surface area contributed by atoms with Crippen LogP contribution in [0.15, 0.2) is 18.7 Å². The fraction of sp³-hybridized carbons (Fsp3) is 0.222. The van der Waals surface area contributed by atoms with Crippen molar-refractivity contribution in [2.75, 3.05) is 0 Å². The molecule has 1 aromatic rings. The molecule has 7 heteroatoms. The van der Waals surface area contributed by atoms with Gasteiger partial charge in [-0.1, -0.05) is 0 Å². The van der Waals surface area contributed by atoms with E-state index >= 15 is 0 Å². The van der Waals surface area contributed by atoms with Gasteiger partial charge in [-0.15, -0.1) is 23.9 Å². The minimum atomic E-state index is -2.72. The SMILES string of the molecule is Cn1cc[n+](C)c1.N#C[B-](C#N)(C#N)C#N. The second kappa shape index (κ2) is 5.86. The van der Waals surface area contributed by atoms with Crippen LogP contribution in [0.1, 0.15) is 0 Å². The van der Waals surface area contributed by atoms with Gasteiger partial charge in [-0.3, -0.25) is 0 Å². The van der Waals surface area contributed by atoms with Gasteiger partial charge in [0.2, 0.25) is 6.33 Å². The Morgan fingerprint density at radius 3 is 1.56 bits per heavy atom. The van der Waals surface area contributed by atoms with E-state index in [4.69, 9.17) is 21.0 Å². The van der Waals surface area contributed by atoms with Gasteiger partial charge in [-0.2, -0.15) is 0 Å². The second-order valence-electron chi connectivity index (χ2n) is 3.13. The molecule has 0 N–H and O–H groups in total. The summed E-state index contributed by atoms with van der Waals surface area (Å²) in [6, 6.07) is 0. The molecule has 0 aromatic carbocycles. The van der Waals surface area contributed by atoms with E-state index in [0.717, 1.165) is 0 Å². The maximum atomic E-state index is 8.09. The van der Waals surface area contributed by atoms with Crippen LogP contribution in [-0.4, -0.2) is 10.7 Å². The standard InChI is InChI=1S/C5H9N2.C4BN4/c1-6-3-4-7(2)5-6;6-1-5(2-7,3-8)4-9/h3-5H,1-2H3;/q+1;-1. The molecule has 0 fully saturated rings. The van der Waals surface area contributed by atoms with Crippen molar-refractivity contribution in [3.8, 4) is 23.9 Å². The maximum Gasteiger partial charge on any atom is 0.383 e. The van der Waals surface area contributed by atoms with Crippen LogP contribution >= 0.6 is 0 Å². The van der Waals surface area contributed by atoms with Gasteiger partial charge in [-0.05, 0) is 0 Å². The molecule has 0 spiro atoms. The lowest BCUT2D eigenvalue weighted by molar-refractivity contribution is -0.670. The van der Waals surface area contributed by atoms with E-state index in [1.54, 1.807) is 0 Å². The number of hydrogen-bond acceptors (Lipinski definition) is 4. The van der Waals surface area contributed by atoms with Crippen LogP contribution in [0.5, 0.6) is 0 Å². The normalized spacial score (nSPS) is 8.38. The molecule has 0 aliphatic rings. The van der Waals surface area contributed by atoms with Gasteiger partial charge < -0.3 is 0 Å². The quantitative estimate of drug-likeness (QED) is 0.428. The highest BCUT2D eigenvalue weighted by molar-refractivity contribution is 7.05. The van der Waals surface area contributed by atoms with E-state index in [1.165, 1.54) is 23.9 Å². The van der Waals surface area contributed by atoms with Crippen molar-refractivity contribution in [3.63, 3.8) is 0 Å². The van der Waals surface area contributed by atoms with Gasteiger partial charge in [0.15, 0.2) is 0 Å². The molecular formula is C9H9BN6. The highest BCUT2D eigenvalue weighted by Crippen LogP contribution is 1.92. The highest BCUT2D eigenvalue weighted by Gasteiger charge is 2.22. The largest absolute Gasteiger partial charge is 0.383 e. The third-order valence-corrected chi connectivity index (χ3v) is 1.68. The fourth-order valence-electron chi connectivity index (χ4n) is 0.748. The van der Waals surface area contributed by atoms with Crippen LogP contribution < -0.4 is 4.57 Å². The molecule has 0 saturated heterocycles. The Morgan fingerprint density at radius 2 is 1.50 bits per heavy atom. The summed E-state index contributed by atoms with van der Waals surface area (Å²) in [6.45, 7) is 0. The zero-order valence-corrected chi connectivity index (χ0v) is 8.99. The van der Waals surface area contributed by atoms with Crippen LogP contribution in [-0.2, 0) is 14.1 Å². The topological polar surface area (TPSA) is 104 Å². The number of hydrogen-bond donors (Lipinski definition) is 0. The molecule has 0 radical (unpaired) electrons. The summed E-state index contributed by atoms with van der Waals surface area (Å²) in [7, 11) is 4.00. The van der Waals surface area contributed by atoms with Crippen molar-refractivity contribution in [1.82, 2.24) is 4.57 Å². The Labute approximate surface area is 93.7 Å². The summed E-state index contributed by atoms with van der Waals surface area (Å²) in [6.07, 6.45) is 3.28. The van der Waals surface area contributed by atoms with Gasteiger partial charge >= 0.3 is 6.15 Å². The van der Waals surface area contributed by atoms with E-state index in [-0.39, 0.29) is 0 Å². The smallest absolute Gasteiger partial charge is 0.245 e. The number of nitriles is 4. The molecular weight excluding hydrogens is 203 g/mol. The zero-order valence-electron chi connectivity index (χ0n) is 8.99. The van der Waals surface area contributed by atoms with Crippen LogP contribution in [0.2, 0.25) is 0 Å². The predicted molar refractivity (Wildman–Crippen MR) is 54.8 cm³/mol. The Bertz CT molecular complexity index is 440. The molecule has 1 aromatic heterocycles.